The third-order valence-corrected chi connectivity index (χ3v) is 3.28. The number of likely N-dealkylation sites (tertiary alicyclic amines) is 1. The molecule has 20 heavy (non-hydrogen) atoms. The van der Waals surface area contributed by atoms with Gasteiger partial charge in [0.1, 0.15) is 6.54 Å². The Balaban J connectivity index is 2.35. The lowest BCUT2D eigenvalue weighted by atomic mass is 10.2. The van der Waals surface area contributed by atoms with E-state index in [1.807, 2.05) is 18.7 Å². The van der Waals surface area contributed by atoms with Crippen LogP contribution >= 0.6 is 0 Å². The van der Waals surface area contributed by atoms with Crippen LogP contribution in [0.15, 0.2) is 0 Å². The van der Waals surface area contributed by atoms with Crippen LogP contribution in [0.3, 0.4) is 0 Å². The van der Waals surface area contributed by atoms with Gasteiger partial charge in [0.2, 0.25) is 5.91 Å². The molecular weight excluding hydrogens is 273 g/mol. The van der Waals surface area contributed by atoms with Gasteiger partial charge in [-0.05, 0) is 33.7 Å². The molecule has 0 aliphatic carbocycles. The van der Waals surface area contributed by atoms with Crippen LogP contribution in [0.4, 0.5) is 13.2 Å². The number of halogens is 3. The molecule has 1 heterocycles. The smallest absolute Gasteiger partial charge is 0.379 e. The topological polar surface area (TPSA) is 32.8 Å². The zero-order valence-electron chi connectivity index (χ0n) is 12.2. The van der Waals surface area contributed by atoms with Gasteiger partial charge in [-0.3, -0.25) is 9.69 Å². The first-order chi connectivity index (χ1) is 9.20. The van der Waals surface area contributed by atoms with Crippen molar-refractivity contribution in [2.24, 2.45) is 0 Å². The van der Waals surface area contributed by atoms with E-state index in [1.165, 1.54) is 0 Å². The van der Waals surface area contributed by atoms with Gasteiger partial charge in [-0.2, -0.15) is 13.2 Å². The lowest BCUT2D eigenvalue weighted by Crippen LogP contribution is -2.43. The molecule has 0 unspecified atom stereocenters. The van der Waals surface area contributed by atoms with Crippen LogP contribution in [-0.4, -0.2) is 67.3 Å². The Morgan fingerprint density at radius 3 is 2.65 bits per heavy atom. The van der Waals surface area contributed by atoms with Crippen LogP contribution in [-0.2, 0) is 9.53 Å². The quantitative estimate of drug-likeness (QED) is 0.673. The van der Waals surface area contributed by atoms with E-state index >= 15 is 0 Å². The standard InChI is InChI=1S/C13H23F3N2O2/c1-10(2)20-8-4-6-17(3)11-5-7-18(12(11)19)9-13(14,15)16/h10-11H,4-9H2,1-3H3/t11-/m1/s1. The predicted octanol–water partition coefficient (Wildman–Crippen LogP) is 1.90. The highest BCUT2D eigenvalue weighted by molar-refractivity contribution is 5.84. The number of hydrogen-bond donors (Lipinski definition) is 0. The zero-order chi connectivity index (χ0) is 15.3. The monoisotopic (exact) mass is 296 g/mol. The van der Waals surface area contributed by atoms with Crippen LogP contribution in [0, 0.1) is 0 Å². The summed E-state index contributed by atoms with van der Waals surface area (Å²) in [4.78, 5) is 14.6. The minimum atomic E-state index is -4.33. The highest BCUT2D eigenvalue weighted by Gasteiger charge is 2.40. The average Bonchev–Trinajstić information content (AvgIpc) is 2.64. The first-order valence-electron chi connectivity index (χ1n) is 6.88. The molecule has 1 saturated heterocycles. The molecule has 1 atom stereocenters. The van der Waals surface area contributed by atoms with E-state index in [0.717, 1.165) is 11.3 Å². The summed E-state index contributed by atoms with van der Waals surface area (Å²) >= 11 is 0. The van der Waals surface area contributed by atoms with Gasteiger partial charge in [-0.15, -0.1) is 0 Å². The first-order valence-corrected chi connectivity index (χ1v) is 6.88. The van der Waals surface area contributed by atoms with E-state index in [2.05, 4.69) is 0 Å². The van der Waals surface area contributed by atoms with Crippen molar-refractivity contribution in [1.29, 1.82) is 0 Å². The van der Waals surface area contributed by atoms with Crippen molar-refractivity contribution in [3.63, 3.8) is 0 Å². The van der Waals surface area contributed by atoms with Gasteiger partial charge in [-0.1, -0.05) is 0 Å². The molecule has 0 aromatic carbocycles. The van der Waals surface area contributed by atoms with E-state index in [1.54, 1.807) is 7.05 Å². The van der Waals surface area contributed by atoms with E-state index in [4.69, 9.17) is 4.74 Å². The molecule has 0 saturated carbocycles. The second-order valence-corrected chi connectivity index (χ2v) is 5.43. The van der Waals surface area contributed by atoms with Gasteiger partial charge in [-0.25, -0.2) is 0 Å². The van der Waals surface area contributed by atoms with Crippen molar-refractivity contribution in [2.75, 3.05) is 33.3 Å². The van der Waals surface area contributed by atoms with Crippen molar-refractivity contribution >= 4 is 5.91 Å². The van der Waals surface area contributed by atoms with Gasteiger partial charge >= 0.3 is 6.18 Å². The number of alkyl halides is 3. The Labute approximate surface area is 117 Å². The molecule has 0 bridgehead atoms. The minimum Gasteiger partial charge on any atom is -0.379 e. The summed E-state index contributed by atoms with van der Waals surface area (Å²) in [5.74, 6) is -0.422. The average molecular weight is 296 g/mol. The number of nitrogens with zero attached hydrogens (tertiary/aromatic N) is 2. The molecule has 1 fully saturated rings. The van der Waals surface area contributed by atoms with Crippen molar-refractivity contribution in [2.45, 2.75) is 45.0 Å². The van der Waals surface area contributed by atoms with Crippen molar-refractivity contribution in [3.8, 4) is 0 Å². The maximum atomic E-state index is 12.3. The summed E-state index contributed by atoms with van der Waals surface area (Å²) in [7, 11) is 1.77. The molecule has 0 aromatic heterocycles. The highest BCUT2D eigenvalue weighted by atomic mass is 19.4. The molecule has 1 amide bonds. The molecule has 7 heteroatoms. The maximum absolute atomic E-state index is 12.3. The normalized spacial score (nSPS) is 20.5. The summed E-state index contributed by atoms with van der Waals surface area (Å²) in [5.41, 5.74) is 0. The van der Waals surface area contributed by atoms with E-state index in [9.17, 15) is 18.0 Å². The number of rotatable bonds is 7. The largest absolute Gasteiger partial charge is 0.406 e. The Bertz CT molecular complexity index is 321. The Hall–Kier alpha value is -0.820. The minimum absolute atomic E-state index is 0.163. The molecule has 0 spiro atoms. The van der Waals surface area contributed by atoms with Gasteiger partial charge in [0, 0.05) is 19.7 Å². The number of ether oxygens (including phenoxy) is 1. The molecule has 0 aromatic rings. The molecule has 0 N–H and O–H groups in total. The maximum Gasteiger partial charge on any atom is 0.406 e. The molecule has 1 rings (SSSR count). The SMILES string of the molecule is CC(C)OCCCN(C)[C@@H]1CCN(CC(F)(F)F)C1=O. The van der Waals surface area contributed by atoms with Crippen LogP contribution in [0.25, 0.3) is 0 Å². The molecular formula is C13H23F3N2O2. The van der Waals surface area contributed by atoms with E-state index in [-0.39, 0.29) is 12.6 Å². The van der Waals surface area contributed by atoms with Crippen LogP contribution < -0.4 is 0 Å². The molecule has 1 aliphatic heterocycles. The Kier molecular flexibility index (Phi) is 6.26. The Morgan fingerprint density at radius 1 is 1.45 bits per heavy atom. The van der Waals surface area contributed by atoms with Gasteiger partial charge in [0.05, 0.1) is 12.1 Å². The molecule has 4 nitrogen and oxygen atoms in total. The summed E-state index contributed by atoms with van der Waals surface area (Å²) in [6, 6.07) is -0.434. The predicted molar refractivity (Wildman–Crippen MR) is 69.4 cm³/mol. The number of carbonyl (C=O) groups excluding carboxylic acids is 1. The summed E-state index contributed by atoms with van der Waals surface area (Å²) in [6.07, 6.45) is -2.95. The van der Waals surface area contributed by atoms with Crippen LogP contribution in [0.5, 0.6) is 0 Å². The fourth-order valence-corrected chi connectivity index (χ4v) is 2.29. The molecule has 1 aliphatic rings. The third kappa shape index (κ3) is 5.66. The fourth-order valence-electron chi connectivity index (χ4n) is 2.29. The van der Waals surface area contributed by atoms with Crippen molar-refractivity contribution in [3.05, 3.63) is 0 Å². The second-order valence-electron chi connectivity index (χ2n) is 5.43. The lowest BCUT2D eigenvalue weighted by Gasteiger charge is -2.24. The third-order valence-electron chi connectivity index (χ3n) is 3.28. The van der Waals surface area contributed by atoms with Gasteiger partial charge < -0.3 is 9.64 Å². The van der Waals surface area contributed by atoms with Crippen molar-refractivity contribution < 1.29 is 22.7 Å². The number of carbonyl (C=O) groups is 1. The van der Waals surface area contributed by atoms with Gasteiger partial charge in [0.15, 0.2) is 0 Å². The summed E-state index contributed by atoms with van der Waals surface area (Å²) in [5, 5.41) is 0. The lowest BCUT2D eigenvalue weighted by molar-refractivity contribution is -0.159. The number of likely N-dealkylation sites (N-methyl/N-ethyl adjacent to an activating group) is 1. The highest BCUT2D eigenvalue weighted by Crippen LogP contribution is 2.22. The van der Waals surface area contributed by atoms with Gasteiger partial charge in [0.25, 0.3) is 0 Å². The van der Waals surface area contributed by atoms with E-state index in [0.29, 0.717) is 19.6 Å². The van der Waals surface area contributed by atoms with Crippen molar-refractivity contribution in [1.82, 2.24) is 9.80 Å². The number of hydrogen-bond acceptors (Lipinski definition) is 3. The number of amides is 1. The summed E-state index contributed by atoms with van der Waals surface area (Å²) in [6.45, 7) is 4.15. The molecule has 0 radical (unpaired) electrons. The zero-order valence-corrected chi connectivity index (χ0v) is 12.2. The molecule has 118 valence electrons. The first kappa shape index (κ1) is 17.2. The van der Waals surface area contributed by atoms with E-state index < -0.39 is 24.7 Å². The van der Waals surface area contributed by atoms with Crippen LogP contribution in [0.2, 0.25) is 0 Å². The van der Waals surface area contributed by atoms with Crippen LogP contribution in [0.1, 0.15) is 26.7 Å². The second kappa shape index (κ2) is 7.26. The summed E-state index contributed by atoms with van der Waals surface area (Å²) < 4.78 is 42.3. The fraction of sp³-hybridized carbons (Fsp3) is 0.923. The Morgan fingerprint density at radius 2 is 2.10 bits per heavy atom.